The van der Waals surface area contributed by atoms with Gasteiger partial charge in [0, 0.05) is 23.9 Å². The number of nitrogens with one attached hydrogen (secondary N) is 1. The summed E-state index contributed by atoms with van der Waals surface area (Å²) in [4.78, 5) is 0.0985. The molecule has 1 unspecified atom stereocenters. The Bertz CT molecular complexity index is 561. The number of benzene rings is 1. The second-order valence-electron chi connectivity index (χ2n) is 4.76. The van der Waals surface area contributed by atoms with Crippen LogP contribution in [0.5, 0.6) is 0 Å². The topological polar surface area (TPSA) is 92.4 Å². The maximum absolute atomic E-state index is 12.3. The molecule has 0 aliphatic heterocycles. The number of hydrogen-bond donors (Lipinski definition) is 3. The molecule has 0 aliphatic carbocycles. The fourth-order valence-electron chi connectivity index (χ4n) is 1.89. The van der Waals surface area contributed by atoms with Crippen LogP contribution >= 0.6 is 11.6 Å². The molecule has 1 atom stereocenters. The first-order valence-electron chi connectivity index (χ1n) is 6.48. The van der Waals surface area contributed by atoms with Gasteiger partial charge in [-0.05, 0) is 37.0 Å². The van der Waals surface area contributed by atoms with E-state index in [-0.39, 0.29) is 29.0 Å². The summed E-state index contributed by atoms with van der Waals surface area (Å²) >= 11 is 5.86. The highest BCUT2D eigenvalue weighted by Gasteiger charge is 2.20. The Balaban J connectivity index is 2.94. The standard InChI is InChI=1S/C13H21ClN2O3S/c1-3-10(4-5-17)8-16-20(18,19)13-7-11(14)6-12(15)9(13)2/h6-7,10,16-17H,3-5,8,15H2,1-2H3. The van der Waals surface area contributed by atoms with Crippen molar-refractivity contribution in [1.82, 2.24) is 4.72 Å². The van der Waals surface area contributed by atoms with Gasteiger partial charge in [0.25, 0.3) is 0 Å². The van der Waals surface area contributed by atoms with Gasteiger partial charge in [0.2, 0.25) is 10.0 Å². The van der Waals surface area contributed by atoms with Crippen LogP contribution in [0.1, 0.15) is 25.3 Å². The molecule has 4 N–H and O–H groups in total. The summed E-state index contributed by atoms with van der Waals surface area (Å²) in [6.45, 7) is 3.93. The van der Waals surface area contributed by atoms with Crippen LogP contribution in [0.25, 0.3) is 0 Å². The van der Waals surface area contributed by atoms with Crippen molar-refractivity contribution in [2.24, 2.45) is 5.92 Å². The summed E-state index contributed by atoms with van der Waals surface area (Å²) in [5.41, 5.74) is 6.57. The third kappa shape index (κ3) is 4.34. The van der Waals surface area contributed by atoms with Crippen molar-refractivity contribution < 1.29 is 13.5 Å². The first-order valence-corrected chi connectivity index (χ1v) is 8.34. The Morgan fingerprint density at radius 2 is 2.10 bits per heavy atom. The highest BCUT2D eigenvalue weighted by Crippen LogP contribution is 2.26. The first-order chi connectivity index (χ1) is 9.31. The van der Waals surface area contributed by atoms with Crippen LogP contribution in [0, 0.1) is 12.8 Å². The zero-order chi connectivity index (χ0) is 15.3. The van der Waals surface area contributed by atoms with Crippen molar-refractivity contribution in [2.75, 3.05) is 18.9 Å². The molecule has 0 saturated carbocycles. The zero-order valence-corrected chi connectivity index (χ0v) is 13.3. The van der Waals surface area contributed by atoms with E-state index in [0.29, 0.717) is 17.7 Å². The summed E-state index contributed by atoms with van der Waals surface area (Å²) in [6, 6.07) is 2.92. The summed E-state index contributed by atoms with van der Waals surface area (Å²) in [5.74, 6) is 0.103. The molecule has 0 spiro atoms. The SMILES string of the molecule is CCC(CCO)CNS(=O)(=O)c1cc(Cl)cc(N)c1C. The van der Waals surface area contributed by atoms with Gasteiger partial charge >= 0.3 is 0 Å². The van der Waals surface area contributed by atoms with Gasteiger partial charge in [-0.3, -0.25) is 0 Å². The lowest BCUT2D eigenvalue weighted by Gasteiger charge is -2.16. The number of aliphatic hydroxyl groups is 1. The number of aliphatic hydroxyl groups excluding tert-OH is 1. The minimum Gasteiger partial charge on any atom is -0.398 e. The van der Waals surface area contributed by atoms with Gasteiger partial charge in [0.15, 0.2) is 0 Å². The number of sulfonamides is 1. The quantitative estimate of drug-likeness (QED) is 0.669. The number of nitrogens with two attached hydrogens (primary N) is 1. The zero-order valence-electron chi connectivity index (χ0n) is 11.7. The second kappa shape index (κ2) is 7.26. The second-order valence-corrected chi connectivity index (χ2v) is 6.93. The monoisotopic (exact) mass is 320 g/mol. The van der Waals surface area contributed by atoms with Crippen molar-refractivity contribution in [3.63, 3.8) is 0 Å². The number of rotatable bonds is 7. The Labute approximate surface area is 125 Å². The summed E-state index contributed by atoms with van der Waals surface area (Å²) in [7, 11) is -3.66. The highest BCUT2D eigenvalue weighted by molar-refractivity contribution is 7.89. The molecule has 0 aromatic heterocycles. The smallest absolute Gasteiger partial charge is 0.240 e. The molecule has 7 heteroatoms. The summed E-state index contributed by atoms with van der Waals surface area (Å²) < 4.78 is 27.1. The molecule has 0 aliphatic rings. The van der Waals surface area contributed by atoms with E-state index in [1.165, 1.54) is 12.1 Å². The maximum atomic E-state index is 12.3. The van der Waals surface area contributed by atoms with E-state index in [1.54, 1.807) is 6.92 Å². The molecule has 0 radical (unpaired) electrons. The van der Waals surface area contributed by atoms with Crippen LogP contribution in [-0.2, 0) is 10.0 Å². The van der Waals surface area contributed by atoms with Gasteiger partial charge in [0.1, 0.15) is 0 Å². The van der Waals surface area contributed by atoms with E-state index in [9.17, 15) is 8.42 Å². The van der Waals surface area contributed by atoms with Gasteiger partial charge in [-0.1, -0.05) is 24.9 Å². The molecule has 1 aromatic rings. The van der Waals surface area contributed by atoms with E-state index in [1.807, 2.05) is 6.92 Å². The van der Waals surface area contributed by atoms with Gasteiger partial charge < -0.3 is 10.8 Å². The molecule has 0 heterocycles. The average Bonchev–Trinajstić information content (AvgIpc) is 2.38. The van der Waals surface area contributed by atoms with E-state index >= 15 is 0 Å². The summed E-state index contributed by atoms with van der Waals surface area (Å²) in [6.07, 6.45) is 1.36. The lowest BCUT2D eigenvalue weighted by atomic mass is 10.0. The molecule has 5 nitrogen and oxygen atoms in total. The molecular formula is C13H21ClN2O3S. The van der Waals surface area contributed by atoms with Crippen LogP contribution in [0.15, 0.2) is 17.0 Å². The molecule has 0 amide bonds. The Kier molecular flexibility index (Phi) is 6.26. The highest BCUT2D eigenvalue weighted by atomic mass is 35.5. The van der Waals surface area contributed by atoms with Crippen LogP contribution in [-0.4, -0.2) is 26.7 Å². The van der Waals surface area contributed by atoms with Crippen LogP contribution in [0.4, 0.5) is 5.69 Å². The lowest BCUT2D eigenvalue weighted by molar-refractivity contribution is 0.254. The van der Waals surface area contributed by atoms with Gasteiger partial charge in [0.05, 0.1) is 4.90 Å². The molecular weight excluding hydrogens is 300 g/mol. The normalized spacial score (nSPS) is 13.4. The molecule has 0 fully saturated rings. The molecule has 1 aromatic carbocycles. The minimum atomic E-state index is -3.66. The number of hydrogen-bond acceptors (Lipinski definition) is 4. The largest absolute Gasteiger partial charge is 0.398 e. The van der Waals surface area contributed by atoms with E-state index in [4.69, 9.17) is 22.4 Å². The Hall–Kier alpha value is -0.820. The molecule has 0 bridgehead atoms. The summed E-state index contributed by atoms with van der Waals surface area (Å²) in [5, 5.41) is 9.21. The number of halogens is 1. The molecule has 0 saturated heterocycles. The predicted octanol–water partition coefficient (Wildman–Crippen LogP) is 1.92. The average molecular weight is 321 g/mol. The fraction of sp³-hybridized carbons (Fsp3) is 0.538. The maximum Gasteiger partial charge on any atom is 0.240 e. The van der Waals surface area contributed by atoms with Crippen molar-refractivity contribution >= 4 is 27.3 Å². The van der Waals surface area contributed by atoms with Gasteiger partial charge in [-0.2, -0.15) is 0 Å². The number of anilines is 1. The van der Waals surface area contributed by atoms with E-state index < -0.39 is 10.0 Å². The van der Waals surface area contributed by atoms with Crippen LogP contribution < -0.4 is 10.5 Å². The lowest BCUT2D eigenvalue weighted by Crippen LogP contribution is -2.30. The van der Waals surface area contributed by atoms with Gasteiger partial charge in [-0.15, -0.1) is 0 Å². The van der Waals surface area contributed by atoms with Gasteiger partial charge in [-0.25, -0.2) is 13.1 Å². The van der Waals surface area contributed by atoms with Crippen molar-refractivity contribution in [1.29, 1.82) is 0 Å². The van der Waals surface area contributed by atoms with Crippen LogP contribution in [0.3, 0.4) is 0 Å². The van der Waals surface area contributed by atoms with E-state index in [2.05, 4.69) is 4.72 Å². The van der Waals surface area contributed by atoms with E-state index in [0.717, 1.165) is 6.42 Å². The number of nitrogen functional groups attached to an aromatic ring is 1. The minimum absolute atomic E-state index is 0.0450. The van der Waals surface area contributed by atoms with Crippen molar-refractivity contribution in [3.8, 4) is 0 Å². The van der Waals surface area contributed by atoms with Crippen molar-refractivity contribution in [2.45, 2.75) is 31.6 Å². The Morgan fingerprint density at radius 1 is 1.45 bits per heavy atom. The predicted molar refractivity (Wildman–Crippen MR) is 81.3 cm³/mol. The molecule has 20 heavy (non-hydrogen) atoms. The van der Waals surface area contributed by atoms with Crippen LogP contribution in [0.2, 0.25) is 5.02 Å². The van der Waals surface area contributed by atoms with Crippen molar-refractivity contribution in [3.05, 3.63) is 22.7 Å². The first kappa shape index (κ1) is 17.2. The molecule has 1 rings (SSSR count). The molecule has 114 valence electrons. The fourth-order valence-corrected chi connectivity index (χ4v) is 3.60. The third-order valence-electron chi connectivity index (χ3n) is 3.33. The third-order valence-corrected chi connectivity index (χ3v) is 5.10. The Morgan fingerprint density at radius 3 is 2.65 bits per heavy atom.